The van der Waals surface area contributed by atoms with Crippen LogP contribution in [0.15, 0.2) is 27.8 Å². The number of furan rings is 1. The smallest absolute Gasteiger partial charge is 0.191 e. The number of hydrogen-bond donors (Lipinski definition) is 3. The van der Waals surface area contributed by atoms with Crippen LogP contribution in [0.2, 0.25) is 0 Å². The summed E-state index contributed by atoms with van der Waals surface area (Å²) in [4.78, 5) is 4.32. The molecule has 2 aliphatic carbocycles. The summed E-state index contributed by atoms with van der Waals surface area (Å²) in [6.07, 6.45) is 11.0. The maximum Gasteiger partial charge on any atom is 0.191 e. The van der Waals surface area contributed by atoms with Crippen LogP contribution in [0.4, 0.5) is 0 Å². The highest BCUT2D eigenvalue weighted by atomic mass is 16.4. The lowest BCUT2D eigenvalue weighted by Gasteiger charge is -2.40. The summed E-state index contributed by atoms with van der Waals surface area (Å²) < 4.78 is 5.32. The molecule has 5 nitrogen and oxygen atoms in total. The van der Waals surface area contributed by atoms with Gasteiger partial charge >= 0.3 is 0 Å². The molecule has 3 rings (SSSR count). The van der Waals surface area contributed by atoms with Crippen molar-refractivity contribution in [3.05, 3.63) is 24.2 Å². The van der Waals surface area contributed by atoms with Gasteiger partial charge in [0, 0.05) is 13.1 Å². The van der Waals surface area contributed by atoms with Crippen molar-refractivity contribution in [3.63, 3.8) is 0 Å². The molecule has 0 saturated heterocycles. The predicted molar refractivity (Wildman–Crippen MR) is 95.9 cm³/mol. The van der Waals surface area contributed by atoms with Crippen LogP contribution in [0, 0.1) is 11.8 Å². The van der Waals surface area contributed by atoms with Crippen molar-refractivity contribution in [2.24, 2.45) is 16.8 Å². The Morgan fingerprint density at radius 2 is 2.08 bits per heavy atom. The van der Waals surface area contributed by atoms with Gasteiger partial charge in [0.1, 0.15) is 11.4 Å². The second-order valence-electron chi connectivity index (χ2n) is 7.64. The van der Waals surface area contributed by atoms with Gasteiger partial charge in [0.25, 0.3) is 0 Å². The van der Waals surface area contributed by atoms with Gasteiger partial charge in [-0.2, -0.15) is 0 Å². The first-order valence-electron chi connectivity index (χ1n) is 9.32. The van der Waals surface area contributed by atoms with Crippen LogP contribution in [-0.2, 0) is 5.60 Å². The SMILES string of the molecule is CN=C(NCC(C)(O)c1ccco1)NC1CCC2CCCCC2C1. The fourth-order valence-corrected chi connectivity index (χ4v) is 4.32. The molecule has 0 radical (unpaired) electrons. The molecule has 2 saturated carbocycles. The molecule has 0 amide bonds. The van der Waals surface area contributed by atoms with Gasteiger partial charge in [-0.15, -0.1) is 0 Å². The van der Waals surface area contributed by atoms with E-state index < -0.39 is 5.60 Å². The average Bonchev–Trinajstić information content (AvgIpc) is 3.14. The zero-order chi connectivity index (χ0) is 17.0. The van der Waals surface area contributed by atoms with Crippen LogP contribution in [0.25, 0.3) is 0 Å². The van der Waals surface area contributed by atoms with Crippen molar-refractivity contribution in [1.82, 2.24) is 10.6 Å². The summed E-state index contributed by atoms with van der Waals surface area (Å²) in [5.74, 6) is 3.16. The van der Waals surface area contributed by atoms with Crippen molar-refractivity contribution < 1.29 is 9.52 Å². The molecule has 1 aromatic heterocycles. The van der Waals surface area contributed by atoms with E-state index in [9.17, 15) is 5.11 Å². The second-order valence-corrected chi connectivity index (χ2v) is 7.64. The van der Waals surface area contributed by atoms with E-state index in [1.54, 1.807) is 32.4 Å². The number of nitrogens with one attached hydrogen (secondary N) is 2. The van der Waals surface area contributed by atoms with Gasteiger partial charge in [0.2, 0.25) is 0 Å². The Morgan fingerprint density at radius 3 is 2.79 bits per heavy atom. The first-order chi connectivity index (χ1) is 11.6. The zero-order valence-corrected chi connectivity index (χ0v) is 14.9. The van der Waals surface area contributed by atoms with Crippen LogP contribution in [0.1, 0.15) is 57.6 Å². The Labute approximate surface area is 144 Å². The molecule has 2 aliphatic rings. The van der Waals surface area contributed by atoms with E-state index in [0.29, 0.717) is 18.3 Å². The molecule has 24 heavy (non-hydrogen) atoms. The Balaban J connectivity index is 1.50. The van der Waals surface area contributed by atoms with Gasteiger partial charge in [0.05, 0.1) is 12.8 Å². The number of fused-ring (bicyclic) bond motifs is 1. The number of aliphatic imine (C=N–C) groups is 1. The number of rotatable bonds is 4. The van der Waals surface area contributed by atoms with Crippen molar-refractivity contribution in [2.45, 2.75) is 63.5 Å². The van der Waals surface area contributed by atoms with Gasteiger partial charge in [0.15, 0.2) is 5.96 Å². The third-order valence-corrected chi connectivity index (χ3v) is 5.76. The molecular weight excluding hydrogens is 302 g/mol. The second kappa shape index (κ2) is 7.60. The fourth-order valence-electron chi connectivity index (χ4n) is 4.32. The summed E-state index contributed by atoms with van der Waals surface area (Å²) in [7, 11) is 1.78. The van der Waals surface area contributed by atoms with Gasteiger partial charge in [-0.1, -0.05) is 25.7 Å². The molecule has 0 aliphatic heterocycles. The molecule has 4 atom stereocenters. The first kappa shape index (κ1) is 17.3. The minimum atomic E-state index is -1.05. The van der Waals surface area contributed by atoms with Gasteiger partial charge in [-0.05, 0) is 50.2 Å². The topological polar surface area (TPSA) is 69.8 Å². The Morgan fingerprint density at radius 1 is 1.29 bits per heavy atom. The van der Waals surface area contributed by atoms with Crippen LogP contribution in [0.3, 0.4) is 0 Å². The monoisotopic (exact) mass is 333 g/mol. The van der Waals surface area contributed by atoms with Crippen molar-refractivity contribution in [1.29, 1.82) is 0 Å². The number of aliphatic hydroxyl groups is 1. The highest BCUT2D eigenvalue weighted by Gasteiger charge is 2.33. The van der Waals surface area contributed by atoms with Crippen molar-refractivity contribution >= 4 is 5.96 Å². The molecule has 1 heterocycles. The molecule has 4 unspecified atom stereocenters. The van der Waals surface area contributed by atoms with E-state index in [2.05, 4.69) is 15.6 Å². The van der Waals surface area contributed by atoms with Crippen molar-refractivity contribution in [2.75, 3.05) is 13.6 Å². The van der Waals surface area contributed by atoms with Crippen LogP contribution >= 0.6 is 0 Å². The quantitative estimate of drug-likeness (QED) is 0.585. The first-order valence-corrected chi connectivity index (χ1v) is 9.32. The molecule has 1 aromatic rings. The highest BCUT2D eigenvalue weighted by molar-refractivity contribution is 5.80. The maximum absolute atomic E-state index is 10.5. The van der Waals surface area contributed by atoms with E-state index in [4.69, 9.17) is 4.42 Å². The summed E-state index contributed by atoms with van der Waals surface area (Å²) in [6.45, 7) is 2.11. The molecule has 5 heteroatoms. The Hall–Kier alpha value is -1.49. The summed E-state index contributed by atoms with van der Waals surface area (Å²) >= 11 is 0. The van der Waals surface area contributed by atoms with Gasteiger partial charge in [-0.3, -0.25) is 4.99 Å². The average molecular weight is 333 g/mol. The maximum atomic E-state index is 10.5. The van der Waals surface area contributed by atoms with Crippen LogP contribution < -0.4 is 10.6 Å². The summed E-state index contributed by atoms with van der Waals surface area (Å²) in [6, 6.07) is 4.07. The van der Waals surface area contributed by atoms with E-state index in [1.807, 2.05) is 0 Å². The zero-order valence-electron chi connectivity index (χ0n) is 14.9. The Bertz CT molecular complexity index is 539. The van der Waals surface area contributed by atoms with Gasteiger partial charge in [-0.25, -0.2) is 0 Å². The molecule has 0 bridgehead atoms. The number of hydrogen-bond acceptors (Lipinski definition) is 3. The highest BCUT2D eigenvalue weighted by Crippen LogP contribution is 2.40. The molecule has 0 spiro atoms. The lowest BCUT2D eigenvalue weighted by atomic mass is 9.69. The summed E-state index contributed by atoms with van der Waals surface area (Å²) in [5.41, 5.74) is -1.05. The minimum absolute atomic E-state index is 0.360. The lowest BCUT2D eigenvalue weighted by Crippen LogP contribution is -2.49. The molecule has 3 N–H and O–H groups in total. The molecular formula is C19H31N3O2. The minimum Gasteiger partial charge on any atom is -0.466 e. The third-order valence-electron chi connectivity index (χ3n) is 5.76. The number of guanidine groups is 1. The summed E-state index contributed by atoms with van der Waals surface area (Å²) in [5, 5.41) is 17.3. The van der Waals surface area contributed by atoms with E-state index in [-0.39, 0.29) is 0 Å². The van der Waals surface area contributed by atoms with E-state index >= 15 is 0 Å². The standard InChI is InChI=1S/C19H31N3O2/c1-19(23,17-8-5-11-24-17)13-21-18(20-2)22-16-10-9-14-6-3-4-7-15(14)12-16/h5,8,11,14-16,23H,3-4,6-7,9-10,12-13H2,1-2H3,(H2,20,21,22). The third kappa shape index (κ3) is 4.12. The lowest BCUT2D eigenvalue weighted by molar-refractivity contribution is 0.0384. The molecule has 2 fully saturated rings. The van der Waals surface area contributed by atoms with Gasteiger partial charge < -0.3 is 20.2 Å². The van der Waals surface area contributed by atoms with Crippen molar-refractivity contribution in [3.8, 4) is 0 Å². The fraction of sp³-hybridized carbons (Fsp3) is 0.737. The normalized spacial score (nSPS) is 30.3. The van der Waals surface area contributed by atoms with Crippen LogP contribution in [-0.4, -0.2) is 30.7 Å². The largest absolute Gasteiger partial charge is 0.466 e. The predicted octanol–water partition coefficient (Wildman–Crippen LogP) is 3.01. The molecule has 0 aromatic carbocycles. The molecule has 134 valence electrons. The Kier molecular flexibility index (Phi) is 5.49. The number of nitrogens with zero attached hydrogens (tertiary/aromatic N) is 1. The van der Waals surface area contributed by atoms with E-state index in [1.165, 1.54) is 44.9 Å². The van der Waals surface area contributed by atoms with E-state index in [0.717, 1.165) is 17.8 Å². The van der Waals surface area contributed by atoms with Crippen LogP contribution in [0.5, 0.6) is 0 Å².